The van der Waals surface area contributed by atoms with Crippen LogP contribution in [0.2, 0.25) is 0 Å². The minimum Gasteiger partial charge on any atom is -0.494 e. The van der Waals surface area contributed by atoms with Gasteiger partial charge in [-0.1, -0.05) is 12.1 Å². The van der Waals surface area contributed by atoms with E-state index in [0.717, 1.165) is 0 Å². The summed E-state index contributed by atoms with van der Waals surface area (Å²) in [5, 5.41) is 15.0. The second kappa shape index (κ2) is 11.3. The van der Waals surface area contributed by atoms with Gasteiger partial charge in [-0.3, -0.25) is 4.79 Å². The largest absolute Gasteiger partial charge is 0.494 e. The summed E-state index contributed by atoms with van der Waals surface area (Å²) < 4.78 is 40.2. The Hall–Kier alpha value is -4.72. The number of hydrogen-bond acceptors (Lipinski definition) is 7. The van der Waals surface area contributed by atoms with E-state index in [2.05, 4.69) is 10.6 Å². The molecule has 3 aromatic rings. The Labute approximate surface area is 242 Å². The number of fused-ring (bicyclic) bond motifs is 1. The van der Waals surface area contributed by atoms with Crippen molar-refractivity contribution in [3.05, 3.63) is 64.7 Å². The summed E-state index contributed by atoms with van der Waals surface area (Å²) >= 11 is 0. The molecule has 5 rings (SSSR count). The highest BCUT2D eigenvalue weighted by atomic mass is 19.1. The molecule has 2 aliphatic heterocycles. The molecule has 2 amide bonds. The maximum atomic E-state index is 14.9. The van der Waals surface area contributed by atoms with Crippen LogP contribution in [-0.4, -0.2) is 48.8 Å². The quantitative estimate of drug-likeness (QED) is 0.424. The second-order valence-corrected chi connectivity index (χ2v) is 11.3. The first kappa shape index (κ1) is 28.8. The van der Waals surface area contributed by atoms with Crippen molar-refractivity contribution in [2.75, 3.05) is 25.1 Å². The van der Waals surface area contributed by atoms with Crippen LogP contribution in [0.25, 0.3) is 22.4 Å². The Morgan fingerprint density at radius 2 is 1.79 bits per heavy atom. The number of ether oxygens (including phenoxy) is 2. The van der Waals surface area contributed by atoms with Crippen LogP contribution in [0.3, 0.4) is 0 Å². The monoisotopic (exact) mass is 575 g/mol. The molecule has 0 spiro atoms. The van der Waals surface area contributed by atoms with Gasteiger partial charge in [0.25, 0.3) is 5.91 Å². The van der Waals surface area contributed by atoms with Crippen LogP contribution in [0.15, 0.2) is 36.4 Å². The third-order valence-corrected chi connectivity index (χ3v) is 7.25. The van der Waals surface area contributed by atoms with Crippen LogP contribution < -0.4 is 20.3 Å². The summed E-state index contributed by atoms with van der Waals surface area (Å²) in [5.74, 6) is -1.14. The summed E-state index contributed by atoms with van der Waals surface area (Å²) in [5.41, 5.74) is 1.91. The van der Waals surface area contributed by atoms with Crippen LogP contribution in [0.4, 0.5) is 19.4 Å². The number of benzene rings is 2. The number of pyridine rings is 1. The fourth-order valence-electron chi connectivity index (χ4n) is 5.33. The Bertz CT molecular complexity index is 1600. The van der Waals surface area contributed by atoms with Crippen LogP contribution in [0.5, 0.6) is 5.75 Å². The number of nitriles is 1. The molecule has 1 saturated heterocycles. The molecule has 1 fully saturated rings. The van der Waals surface area contributed by atoms with E-state index in [1.807, 2.05) is 11.0 Å². The van der Waals surface area contributed by atoms with Gasteiger partial charge in [0.15, 0.2) is 11.6 Å². The van der Waals surface area contributed by atoms with Gasteiger partial charge >= 0.3 is 6.09 Å². The molecule has 218 valence electrons. The van der Waals surface area contributed by atoms with Crippen LogP contribution in [0.1, 0.15) is 55.1 Å². The zero-order valence-electron chi connectivity index (χ0n) is 23.8. The van der Waals surface area contributed by atoms with E-state index in [1.54, 1.807) is 32.9 Å². The Morgan fingerprint density at radius 3 is 2.40 bits per heavy atom. The first-order valence-corrected chi connectivity index (χ1v) is 13.6. The van der Waals surface area contributed by atoms with Gasteiger partial charge in [-0.2, -0.15) is 5.26 Å². The fraction of sp³-hybridized carbons (Fsp3) is 0.355. The van der Waals surface area contributed by atoms with E-state index >= 15 is 0 Å². The summed E-state index contributed by atoms with van der Waals surface area (Å²) in [6.45, 7) is 6.56. The molecule has 0 unspecified atom stereocenters. The molecule has 0 bridgehead atoms. The molecule has 1 aromatic heterocycles. The molecule has 11 heteroatoms. The number of carbonyl (C=O) groups excluding carboxylic acids is 2. The number of piperidine rings is 1. The van der Waals surface area contributed by atoms with Crippen molar-refractivity contribution >= 4 is 17.8 Å². The maximum Gasteiger partial charge on any atom is 0.407 e. The summed E-state index contributed by atoms with van der Waals surface area (Å²) in [7, 11) is 1.37. The molecule has 9 nitrogen and oxygen atoms in total. The van der Waals surface area contributed by atoms with E-state index in [-0.39, 0.29) is 29.8 Å². The van der Waals surface area contributed by atoms with Crippen LogP contribution in [-0.2, 0) is 11.3 Å². The average molecular weight is 576 g/mol. The van der Waals surface area contributed by atoms with Crippen molar-refractivity contribution < 1.29 is 27.8 Å². The standard InChI is InChI=1S/C31H31F2N5O4/c1-31(2,3)42-30(40)36-20-9-11-38(12-10-20)28-26-21(16-35-29(26)39)25(17-7-8-24(41-4)23(33)13-17)27(37-28)18-5-6-19(15-34)22(32)14-18/h5-8,13-14,20H,9-12,16H2,1-4H3,(H,35,39)(H,36,40). The molecule has 2 aromatic carbocycles. The zero-order chi connectivity index (χ0) is 30.2. The number of carbonyl (C=O) groups is 2. The molecular formula is C31H31F2N5O4. The van der Waals surface area contributed by atoms with Gasteiger partial charge in [-0.25, -0.2) is 18.6 Å². The van der Waals surface area contributed by atoms with Gasteiger partial charge in [0.05, 0.1) is 23.9 Å². The lowest BCUT2D eigenvalue weighted by Crippen LogP contribution is -2.46. The van der Waals surface area contributed by atoms with Gasteiger partial charge in [0.2, 0.25) is 0 Å². The zero-order valence-corrected chi connectivity index (χ0v) is 23.8. The summed E-state index contributed by atoms with van der Waals surface area (Å²) in [6, 6.07) is 10.3. The lowest BCUT2D eigenvalue weighted by Gasteiger charge is -2.34. The normalized spacial score (nSPS) is 15.1. The maximum absolute atomic E-state index is 14.9. The Balaban J connectivity index is 1.58. The predicted molar refractivity (Wildman–Crippen MR) is 152 cm³/mol. The number of halogens is 2. The van der Waals surface area contributed by atoms with Gasteiger partial charge < -0.3 is 25.0 Å². The van der Waals surface area contributed by atoms with E-state index in [4.69, 9.17) is 14.5 Å². The number of rotatable bonds is 5. The molecule has 3 heterocycles. The number of aromatic nitrogens is 1. The molecule has 0 aliphatic carbocycles. The van der Waals surface area contributed by atoms with E-state index in [0.29, 0.717) is 65.3 Å². The van der Waals surface area contributed by atoms with Crippen molar-refractivity contribution in [1.82, 2.24) is 15.6 Å². The molecule has 2 aliphatic rings. The first-order valence-electron chi connectivity index (χ1n) is 13.6. The number of methoxy groups -OCH3 is 1. The number of anilines is 1. The van der Waals surface area contributed by atoms with Gasteiger partial charge in [0.1, 0.15) is 23.3 Å². The summed E-state index contributed by atoms with van der Waals surface area (Å²) in [4.78, 5) is 32.3. The molecule has 2 N–H and O–H groups in total. The Kier molecular flexibility index (Phi) is 7.73. The minimum absolute atomic E-state index is 0.0583. The minimum atomic E-state index is -0.714. The predicted octanol–water partition coefficient (Wildman–Crippen LogP) is 5.31. The van der Waals surface area contributed by atoms with Crippen LogP contribution >= 0.6 is 0 Å². The lowest BCUT2D eigenvalue weighted by atomic mass is 9.91. The van der Waals surface area contributed by atoms with E-state index in [9.17, 15) is 23.6 Å². The summed E-state index contributed by atoms with van der Waals surface area (Å²) in [6.07, 6.45) is 0.688. The van der Waals surface area contributed by atoms with Gasteiger partial charge in [-0.05, 0) is 69.0 Å². The highest BCUT2D eigenvalue weighted by molar-refractivity contribution is 6.06. The third-order valence-electron chi connectivity index (χ3n) is 7.25. The molecule has 0 atom stereocenters. The van der Waals surface area contributed by atoms with Crippen molar-refractivity contribution in [3.63, 3.8) is 0 Å². The number of amides is 2. The average Bonchev–Trinajstić information content (AvgIpc) is 3.32. The van der Waals surface area contributed by atoms with Crippen molar-refractivity contribution in [1.29, 1.82) is 5.26 Å². The van der Waals surface area contributed by atoms with Crippen LogP contribution in [0, 0.1) is 23.0 Å². The fourth-order valence-corrected chi connectivity index (χ4v) is 5.33. The molecule has 0 radical (unpaired) electrons. The molecular weight excluding hydrogens is 544 g/mol. The third kappa shape index (κ3) is 5.70. The highest BCUT2D eigenvalue weighted by Gasteiger charge is 2.34. The van der Waals surface area contributed by atoms with Crippen molar-refractivity contribution in [2.24, 2.45) is 0 Å². The SMILES string of the molecule is COc1ccc(-c2c(-c3ccc(C#N)c(F)c3)nc(N3CCC(NC(=O)OC(C)(C)C)CC3)c3c2CNC3=O)cc1F. The van der Waals surface area contributed by atoms with Gasteiger partial charge in [-0.15, -0.1) is 0 Å². The smallest absolute Gasteiger partial charge is 0.407 e. The Morgan fingerprint density at radius 1 is 1.10 bits per heavy atom. The topological polar surface area (TPSA) is 117 Å². The van der Waals surface area contributed by atoms with Gasteiger partial charge in [0, 0.05) is 36.8 Å². The number of nitrogens with zero attached hydrogens (tertiary/aromatic N) is 3. The first-order chi connectivity index (χ1) is 20.0. The number of nitrogens with one attached hydrogen (secondary N) is 2. The second-order valence-electron chi connectivity index (χ2n) is 11.3. The number of alkyl carbamates (subject to hydrolysis) is 1. The van der Waals surface area contributed by atoms with Crippen molar-refractivity contribution in [3.8, 4) is 34.2 Å². The molecule has 42 heavy (non-hydrogen) atoms. The number of hydrogen-bond donors (Lipinski definition) is 2. The molecule has 0 saturated carbocycles. The lowest BCUT2D eigenvalue weighted by molar-refractivity contribution is 0.0497. The highest BCUT2D eigenvalue weighted by Crippen LogP contribution is 2.42. The van der Waals surface area contributed by atoms with E-state index < -0.39 is 23.3 Å². The van der Waals surface area contributed by atoms with Crippen molar-refractivity contribution in [2.45, 2.75) is 51.8 Å². The van der Waals surface area contributed by atoms with E-state index in [1.165, 1.54) is 31.4 Å².